The minimum absolute atomic E-state index is 0.233. The van der Waals surface area contributed by atoms with Crippen molar-refractivity contribution in [2.24, 2.45) is 0 Å². The van der Waals surface area contributed by atoms with Crippen LogP contribution >= 0.6 is 0 Å². The number of ether oxygens (including phenoxy) is 1. The van der Waals surface area contributed by atoms with E-state index in [9.17, 15) is 9.59 Å². The van der Waals surface area contributed by atoms with Crippen molar-refractivity contribution in [2.45, 2.75) is 6.04 Å². The average molecular weight is 224 g/mol. The minimum atomic E-state index is -0.689. The highest BCUT2D eigenvalue weighted by Crippen LogP contribution is 2.03. The Bertz CT molecular complexity index is 368. The molecule has 0 radical (unpaired) electrons. The molecule has 0 bridgehead atoms. The summed E-state index contributed by atoms with van der Waals surface area (Å²) in [6.45, 7) is 1.95. The summed E-state index contributed by atoms with van der Waals surface area (Å²) in [6.07, 6.45) is 2.59. The molecule has 6 heteroatoms. The van der Waals surface area contributed by atoms with Crippen LogP contribution < -0.4 is 10.6 Å². The van der Waals surface area contributed by atoms with Gasteiger partial charge in [-0.1, -0.05) is 0 Å². The van der Waals surface area contributed by atoms with E-state index in [0.29, 0.717) is 13.1 Å². The standard InChI is InChI=1S/C10H12N2O4/c13-9(7-1-4-15-6-7)16-10(14)8-5-11-2-3-12-8/h1,4,6,8,11-12H,2-3,5H2. The van der Waals surface area contributed by atoms with Crippen LogP contribution in [0.1, 0.15) is 10.4 Å². The molecule has 1 unspecified atom stereocenters. The zero-order chi connectivity index (χ0) is 11.4. The number of carbonyl (C=O) groups is 2. The van der Waals surface area contributed by atoms with E-state index in [0.717, 1.165) is 6.54 Å². The molecule has 2 heterocycles. The number of esters is 2. The van der Waals surface area contributed by atoms with Crippen LogP contribution in [0.3, 0.4) is 0 Å². The molecule has 0 spiro atoms. The summed E-state index contributed by atoms with van der Waals surface area (Å²) in [5.74, 6) is -1.26. The molecule has 0 saturated carbocycles. The Morgan fingerprint density at radius 3 is 2.94 bits per heavy atom. The van der Waals surface area contributed by atoms with E-state index < -0.39 is 18.0 Å². The van der Waals surface area contributed by atoms with Crippen molar-refractivity contribution in [3.05, 3.63) is 24.2 Å². The smallest absolute Gasteiger partial charge is 0.349 e. The van der Waals surface area contributed by atoms with Crippen molar-refractivity contribution in [2.75, 3.05) is 19.6 Å². The lowest BCUT2D eigenvalue weighted by Gasteiger charge is -2.22. The summed E-state index contributed by atoms with van der Waals surface area (Å²) in [5, 5.41) is 5.99. The normalized spacial score (nSPS) is 20.4. The summed E-state index contributed by atoms with van der Waals surface area (Å²) >= 11 is 0. The molecule has 1 saturated heterocycles. The van der Waals surface area contributed by atoms with Gasteiger partial charge in [-0.3, -0.25) is 0 Å². The third-order valence-electron chi connectivity index (χ3n) is 2.28. The first-order chi connectivity index (χ1) is 7.77. The third-order valence-corrected chi connectivity index (χ3v) is 2.28. The Kier molecular flexibility index (Phi) is 3.33. The SMILES string of the molecule is O=C(OC(=O)C1CNCCN1)c1ccoc1. The van der Waals surface area contributed by atoms with E-state index in [1.165, 1.54) is 18.6 Å². The fourth-order valence-electron chi connectivity index (χ4n) is 1.42. The molecule has 2 N–H and O–H groups in total. The van der Waals surface area contributed by atoms with Gasteiger partial charge in [-0.05, 0) is 6.07 Å². The molecule has 86 valence electrons. The Morgan fingerprint density at radius 1 is 1.44 bits per heavy atom. The predicted octanol–water partition coefficient (Wildman–Crippen LogP) is -0.476. The van der Waals surface area contributed by atoms with Crippen molar-refractivity contribution in [3.63, 3.8) is 0 Å². The quantitative estimate of drug-likeness (QED) is 0.522. The van der Waals surface area contributed by atoms with E-state index in [1.54, 1.807) is 0 Å². The number of carbonyl (C=O) groups excluding carboxylic acids is 2. The second kappa shape index (κ2) is 4.91. The lowest BCUT2D eigenvalue weighted by Crippen LogP contribution is -2.53. The average Bonchev–Trinajstić information content (AvgIpc) is 2.83. The molecule has 0 aliphatic carbocycles. The number of nitrogens with one attached hydrogen (secondary N) is 2. The molecular weight excluding hydrogens is 212 g/mol. The molecule has 2 rings (SSSR count). The molecule has 1 aliphatic heterocycles. The Morgan fingerprint density at radius 2 is 2.31 bits per heavy atom. The van der Waals surface area contributed by atoms with Crippen LogP contribution in [0.25, 0.3) is 0 Å². The van der Waals surface area contributed by atoms with Crippen LogP contribution in [0.2, 0.25) is 0 Å². The largest absolute Gasteiger partial charge is 0.472 e. The van der Waals surface area contributed by atoms with Crippen molar-refractivity contribution in [1.82, 2.24) is 10.6 Å². The van der Waals surface area contributed by atoms with E-state index in [-0.39, 0.29) is 5.56 Å². The number of furan rings is 1. The highest BCUT2D eigenvalue weighted by molar-refractivity contribution is 5.97. The van der Waals surface area contributed by atoms with Gasteiger partial charge in [0.05, 0.1) is 11.8 Å². The molecule has 6 nitrogen and oxygen atoms in total. The molecule has 1 atom stereocenters. The zero-order valence-corrected chi connectivity index (χ0v) is 8.56. The lowest BCUT2D eigenvalue weighted by molar-refractivity contribution is -0.140. The molecule has 1 aromatic heterocycles. The predicted molar refractivity (Wildman–Crippen MR) is 53.8 cm³/mol. The van der Waals surface area contributed by atoms with Crippen LogP contribution in [-0.4, -0.2) is 37.6 Å². The van der Waals surface area contributed by atoms with Crippen LogP contribution in [0.4, 0.5) is 0 Å². The molecule has 1 aromatic rings. The zero-order valence-electron chi connectivity index (χ0n) is 8.56. The maximum Gasteiger partial charge on any atom is 0.349 e. The van der Waals surface area contributed by atoms with Crippen molar-refractivity contribution in [3.8, 4) is 0 Å². The molecule has 0 amide bonds. The van der Waals surface area contributed by atoms with Crippen molar-refractivity contribution in [1.29, 1.82) is 0 Å². The maximum atomic E-state index is 11.5. The minimum Gasteiger partial charge on any atom is -0.472 e. The number of rotatable bonds is 2. The highest BCUT2D eigenvalue weighted by Gasteiger charge is 2.24. The Balaban J connectivity index is 1.89. The van der Waals surface area contributed by atoms with Crippen molar-refractivity contribution >= 4 is 11.9 Å². The second-order valence-electron chi connectivity index (χ2n) is 3.43. The van der Waals surface area contributed by atoms with Gasteiger partial charge in [-0.25, -0.2) is 9.59 Å². The summed E-state index contributed by atoms with van der Waals surface area (Å²) in [7, 11) is 0. The Labute approximate surface area is 91.9 Å². The fraction of sp³-hybridized carbons (Fsp3) is 0.400. The topological polar surface area (TPSA) is 80.6 Å². The van der Waals surface area contributed by atoms with Crippen LogP contribution in [0, 0.1) is 0 Å². The number of hydrogen-bond donors (Lipinski definition) is 2. The van der Waals surface area contributed by atoms with Crippen molar-refractivity contribution < 1.29 is 18.7 Å². The molecule has 1 fully saturated rings. The summed E-state index contributed by atoms with van der Waals surface area (Å²) in [6, 6.07) is 0.979. The van der Waals surface area contributed by atoms with E-state index in [1.807, 2.05) is 0 Å². The molecule has 0 aromatic carbocycles. The first-order valence-electron chi connectivity index (χ1n) is 4.99. The summed E-state index contributed by atoms with van der Waals surface area (Å²) < 4.78 is 9.42. The van der Waals surface area contributed by atoms with Gasteiger partial charge in [0.15, 0.2) is 0 Å². The van der Waals surface area contributed by atoms with Gasteiger partial charge < -0.3 is 19.8 Å². The van der Waals surface area contributed by atoms with Gasteiger partial charge in [0.2, 0.25) is 0 Å². The van der Waals surface area contributed by atoms with Gasteiger partial charge in [0.25, 0.3) is 0 Å². The molecule has 16 heavy (non-hydrogen) atoms. The van der Waals surface area contributed by atoms with Gasteiger partial charge in [-0.2, -0.15) is 0 Å². The lowest BCUT2D eigenvalue weighted by atomic mass is 10.2. The third kappa shape index (κ3) is 2.47. The van der Waals surface area contributed by atoms with E-state index in [4.69, 9.17) is 9.15 Å². The van der Waals surface area contributed by atoms with E-state index >= 15 is 0 Å². The van der Waals surface area contributed by atoms with Gasteiger partial charge in [0, 0.05) is 19.6 Å². The fourth-order valence-corrected chi connectivity index (χ4v) is 1.42. The number of piperazine rings is 1. The monoisotopic (exact) mass is 224 g/mol. The highest BCUT2D eigenvalue weighted by atomic mass is 16.6. The molecule has 1 aliphatic rings. The van der Waals surface area contributed by atoms with E-state index in [2.05, 4.69) is 10.6 Å². The van der Waals surface area contributed by atoms with Gasteiger partial charge in [-0.15, -0.1) is 0 Å². The first kappa shape index (κ1) is 10.8. The van der Waals surface area contributed by atoms with Crippen LogP contribution in [0.5, 0.6) is 0 Å². The molecular formula is C10H12N2O4. The Hall–Kier alpha value is -1.66. The van der Waals surface area contributed by atoms with Crippen LogP contribution in [-0.2, 0) is 9.53 Å². The maximum absolute atomic E-state index is 11.5. The summed E-state index contributed by atoms with van der Waals surface area (Å²) in [5.41, 5.74) is 0.233. The first-order valence-corrected chi connectivity index (χ1v) is 4.99. The second-order valence-corrected chi connectivity index (χ2v) is 3.43. The van der Waals surface area contributed by atoms with Crippen LogP contribution in [0.15, 0.2) is 23.0 Å². The summed E-state index contributed by atoms with van der Waals surface area (Å²) in [4.78, 5) is 22.9. The van der Waals surface area contributed by atoms with Gasteiger partial charge in [0.1, 0.15) is 12.3 Å². The van der Waals surface area contributed by atoms with Gasteiger partial charge >= 0.3 is 11.9 Å². The number of hydrogen-bond acceptors (Lipinski definition) is 6.